The summed E-state index contributed by atoms with van der Waals surface area (Å²) in [7, 11) is 0. The highest BCUT2D eigenvalue weighted by Gasteiger charge is 2.20. The van der Waals surface area contributed by atoms with E-state index in [1.54, 1.807) is 0 Å². The maximum atomic E-state index is 11.9. The van der Waals surface area contributed by atoms with E-state index >= 15 is 0 Å². The molecule has 5 nitrogen and oxygen atoms in total. The van der Waals surface area contributed by atoms with Crippen molar-refractivity contribution in [1.29, 1.82) is 0 Å². The molecular weight excluding hydrogens is 409 g/mol. The Kier molecular flexibility index (Phi) is 7.92. The second-order valence-corrected chi connectivity index (χ2v) is 7.70. The fourth-order valence-corrected chi connectivity index (χ4v) is 3.96. The predicted molar refractivity (Wildman–Crippen MR) is 121 cm³/mol. The van der Waals surface area contributed by atoms with Crippen LogP contribution in [0.1, 0.15) is 6.42 Å². The van der Waals surface area contributed by atoms with Gasteiger partial charge in [-0.1, -0.05) is 36.4 Å². The second kappa shape index (κ2) is 10.6. The van der Waals surface area contributed by atoms with Crippen molar-refractivity contribution in [3.05, 3.63) is 48.5 Å². The highest BCUT2D eigenvalue weighted by molar-refractivity contribution is 6.18. The number of benzene rings is 2. The summed E-state index contributed by atoms with van der Waals surface area (Å²) in [5.74, 6) is -0.324. The van der Waals surface area contributed by atoms with Crippen molar-refractivity contribution in [2.24, 2.45) is 5.92 Å². The van der Waals surface area contributed by atoms with Crippen molar-refractivity contribution in [3.63, 3.8) is 0 Å². The van der Waals surface area contributed by atoms with Gasteiger partial charge in [-0.25, -0.2) is 4.98 Å². The van der Waals surface area contributed by atoms with Crippen LogP contribution >= 0.6 is 23.2 Å². The summed E-state index contributed by atoms with van der Waals surface area (Å²) in [4.78, 5) is 18.7. The van der Waals surface area contributed by atoms with E-state index in [4.69, 9.17) is 28.2 Å². The molecule has 1 atom stereocenters. The zero-order valence-corrected chi connectivity index (χ0v) is 17.7. The van der Waals surface area contributed by atoms with Crippen molar-refractivity contribution in [3.8, 4) is 0 Å². The number of anilines is 1. The lowest BCUT2D eigenvalue weighted by Crippen LogP contribution is -2.33. The number of rotatable bonds is 11. The maximum absolute atomic E-state index is 11.9. The average molecular weight is 434 g/mol. The molecule has 0 saturated carbocycles. The van der Waals surface area contributed by atoms with E-state index in [1.165, 1.54) is 0 Å². The summed E-state index contributed by atoms with van der Waals surface area (Å²) in [5, 5.41) is 15.1. The number of alkyl halides is 2. The number of carboxylic acids is 1. The first kappa shape index (κ1) is 21.6. The molecule has 3 aromatic rings. The smallest absolute Gasteiger partial charge is 0.308 e. The minimum Gasteiger partial charge on any atom is -0.481 e. The Balaban J connectivity index is 1.80. The molecule has 0 spiro atoms. The minimum absolute atomic E-state index is 0.336. The van der Waals surface area contributed by atoms with Gasteiger partial charge < -0.3 is 15.3 Å². The number of carbonyl (C=O) groups is 1. The molecule has 154 valence electrons. The van der Waals surface area contributed by atoms with Crippen LogP contribution in [0.5, 0.6) is 0 Å². The van der Waals surface area contributed by atoms with Gasteiger partial charge in [-0.15, -0.1) is 23.2 Å². The third-order valence-corrected chi connectivity index (χ3v) is 5.40. The minimum atomic E-state index is -0.808. The lowest BCUT2D eigenvalue weighted by molar-refractivity contribution is -0.141. The van der Waals surface area contributed by atoms with E-state index in [1.807, 2.05) is 48.5 Å². The summed E-state index contributed by atoms with van der Waals surface area (Å²) >= 11 is 11.7. The number of pyridine rings is 1. The maximum Gasteiger partial charge on any atom is 0.308 e. The number of aromatic nitrogens is 1. The Morgan fingerprint density at radius 1 is 0.966 bits per heavy atom. The number of nitrogens with zero attached hydrogens (tertiary/aromatic N) is 2. The first-order valence-corrected chi connectivity index (χ1v) is 10.8. The summed E-state index contributed by atoms with van der Waals surface area (Å²) in [6, 6.07) is 15.8. The molecule has 1 aromatic heterocycles. The fourth-order valence-electron chi connectivity index (χ4n) is 3.48. The van der Waals surface area contributed by atoms with E-state index in [-0.39, 0.29) is 0 Å². The Labute approximate surface area is 180 Å². The number of para-hydroxylation sites is 2. The number of halogens is 2. The quantitative estimate of drug-likeness (QED) is 0.339. The topological polar surface area (TPSA) is 65.5 Å². The third kappa shape index (κ3) is 5.50. The molecule has 29 heavy (non-hydrogen) atoms. The highest BCUT2D eigenvalue weighted by atomic mass is 35.5. The van der Waals surface area contributed by atoms with Gasteiger partial charge in [0.05, 0.1) is 22.6 Å². The summed E-state index contributed by atoms with van der Waals surface area (Å²) < 4.78 is 0. The molecule has 7 heteroatoms. The number of aliphatic carboxylic acids is 1. The van der Waals surface area contributed by atoms with E-state index in [0.29, 0.717) is 44.4 Å². The van der Waals surface area contributed by atoms with Crippen molar-refractivity contribution >= 4 is 56.7 Å². The summed E-state index contributed by atoms with van der Waals surface area (Å²) in [6.45, 7) is 2.39. The van der Waals surface area contributed by atoms with E-state index in [0.717, 1.165) is 27.5 Å². The first-order valence-electron chi connectivity index (χ1n) is 9.72. The van der Waals surface area contributed by atoms with E-state index in [2.05, 4.69) is 10.2 Å². The molecule has 1 unspecified atom stereocenters. The second-order valence-electron chi connectivity index (χ2n) is 6.95. The summed E-state index contributed by atoms with van der Waals surface area (Å²) in [5.41, 5.74) is 2.70. The van der Waals surface area contributed by atoms with Gasteiger partial charge in [0.25, 0.3) is 0 Å². The van der Waals surface area contributed by atoms with Crippen molar-refractivity contribution in [2.45, 2.75) is 6.42 Å². The molecule has 0 aliphatic rings. The van der Waals surface area contributed by atoms with E-state index in [9.17, 15) is 9.90 Å². The first-order chi connectivity index (χ1) is 14.1. The van der Waals surface area contributed by atoms with Gasteiger partial charge in [0.15, 0.2) is 0 Å². The van der Waals surface area contributed by atoms with Crippen LogP contribution in [0.2, 0.25) is 0 Å². The van der Waals surface area contributed by atoms with E-state index < -0.39 is 11.9 Å². The molecule has 1 heterocycles. The Bertz CT molecular complexity index is 907. The largest absolute Gasteiger partial charge is 0.481 e. The van der Waals surface area contributed by atoms with Crippen LogP contribution in [0.3, 0.4) is 0 Å². The third-order valence-electron chi connectivity index (χ3n) is 5.06. The van der Waals surface area contributed by atoms with Crippen molar-refractivity contribution in [2.75, 3.05) is 43.3 Å². The standard InChI is InChI=1S/C22H25Cl2N3O2/c23-10-13-27(14-11-24)12-9-16(22(28)29)15-25-21-17-5-1-3-7-19(17)26-20-8-4-2-6-18(20)21/h1-8,16H,9-15H2,(H,25,26)(H,28,29). The van der Waals surface area contributed by atoms with Crippen molar-refractivity contribution in [1.82, 2.24) is 9.88 Å². The Morgan fingerprint density at radius 2 is 1.52 bits per heavy atom. The monoisotopic (exact) mass is 433 g/mol. The predicted octanol–water partition coefficient (Wildman–Crippen LogP) is 4.67. The Hall–Kier alpha value is -2.08. The SMILES string of the molecule is O=C(O)C(CCN(CCCl)CCCl)CNc1c2ccccc2nc2ccccc12. The molecule has 0 fully saturated rings. The van der Waals surface area contributed by atoms with Gasteiger partial charge in [-0.2, -0.15) is 0 Å². The number of nitrogens with one attached hydrogen (secondary N) is 1. The molecule has 0 aliphatic carbocycles. The van der Waals surface area contributed by atoms with Crippen LogP contribution in [0.25, 0.3) is 21.8 Å². The molecule has 0 saturated heterocycles. The van der Waals surface area contributed by atoms with Crippen LogP contribution in [-0.2, 0) is 4.79 Å². The molecule has 0 bridgehead atoms. The lowest BCUT2D eigenvalue weighted by Gasteiger charge is -2.23. The number of carboxylic acid groups (broad SMARTS) is 1. The summed E-state index contributed by atoms with van der Waals surface area (Å²) in [6.07, 6.45) is 0.525. The normalized spacial score (nSPS) is 12.5. The molecule has 0 amide bonds. The fraction of sp³-hybridized carbons (Fsp3) is 0.364. The van der Waals surface area contributed by atoms with Crippen LogP contribution in [0.15, 0.2) is 48.5 Å². The van der Waals surface area contributed by atoms with Gasteiger partial charge in [0.1, 0.15) is 0 Å². The zero-order valence-electron chi connectivity index (χ0n) is 16.2. The van der Waals surface area contributed by atoms with Crippen LogP contribution in [-0.4, -0.2) is 58.9 Å². The Morgan fingerprint density at radius 3 is 2.03 bits per heavy atom. The number of fused-ring (bicyclic) bond motifs is 2. The number of hydrogen-bond donors (Lipinski definition) is 2. The van der Waals surface area contributed by atoms with Gasteiger partial charge in [-0.05, 0) is 25.1 Å². The van der Waals surface area contributed by atoms with Crippen LogP contribution < -0.4 is 5.32 Å². The van der Waals surface area contributed by atoms with Gasteiger partial charge >= 0.3 is 5.97 Å². The molecule has 2 aromatic carbocycles. The van der Waals surface area contributed by atoms with Crippen LogP contribution in [0.4, 0.5) is 5.69 Å². The zero-order chi connectivity index (χ0) is 20.6. The average Bonchev–Trinajstić information content (AvgIpc) is 2.72. The van der Waals surface area contributed by atoms with Gasteiger partial charge in [-0.3, -0.25) is 4.79 Å². The van der Waals surface area contributed by atoms with Gasteiger partial charge in [0, 0.05) is 42.2 Å². The molecule has 0 radical (unpaired) electrons. The molecule has 0 aliphatic heterocycles. The van der Waals surface area contributed by atoms with Crippen LogP contribution in [0, 0.1) is 5.92 Å². The molecule has 3 rings (SSSR count). The highest BCUT2D eigenvalue weighted by Crippen LogP contribution is 2.30. The molecular formula is C22H25Cl2N3O2. The molecule has 2 N–H and O–H groups in total. The van der Waals surface area contributed by atoms with Gasteiger partial charge in [0.2, 0.25) is 0 Å². The number of hydrogen-bond acceptors (Lipinski definition) is 4. The van der Waals surface area contributed by atoms with Crippen molar-refractivity contribution < 1.29 is 9.90 Å². The lowest BCUT2D eigenvalue weighted by atomic mass is 10.0.